The Morgan fingerprint density at radius 3 is 2.34 bits per heavy atom. The summed E-state index contributed by atoms with van der Waals surface area (Å²) in [5.74, 6) is -3.92. The molecule has 1 aliphatic rings. The molecular weight excluding hydrogens is 462 g/mol. The minimum Gasteiger partial charge on any atom is -0.505 e. The van der Waals surface area contributed by atoms with Crippen LogP contribution in [0.5, 0.6) is 5.75 Å². The van der Waals surface area contributed by atoms with Gasteiger partial charge in [0.05, 0.1) is 10.7 Å². The summed E-state index contributed by atoms with van der Waals surface area (Å²) in [6, 6.07) is 12.6. The van der Waals surface area contributed by atoms with Gasteiger partial charge in [0.15, 0.2) is 17.4 Å². The minimum absolute atomic E-state index is 0.0439. The van der Waals surface area contributed by atoms with Gasteiger partial charge in [0.1, 0.15) is 4.90 Å². The second kappa shape index (κ2) is 8.40. The second-order valence-electron chi connectivity index (χ2n) is 7.24. The zero-order valence-corrected chi connectivity index (χ0v) is 18.1. The molecule has 0 saturated carbocycles. The summed E-state index contributed by atoms with van der Waals surface area (Å²) >= 11 is 5.95. The first kappa shape index (κ1) is 22.0. The highest BCUT2D eigenvalue weighted by atomic mass is 35.5. The van der Waals surface area contributed by atoms with Crippen LogP contribution < -0.4 is 4.72 Å². The van der Waals surface area contributed by atoms with Gasteiger partial charge in [-0.05, 0) is 41.8 Å². The quantitative estimate of drug-likeness (QED) is 0.559. The summed E-state index contributed by atoms with van der Waals surface area (Å²) in [7, 11) is -4.64. The predicted molar refractivity (Wildman–Crippen MR) is 116 cm³/mol. The van der Waals surface area contributed by atoms with E-state index in [4.69, 9.17) is 11.6 Å². The lowest BCUT2D eigenvalue weighted by Crippen LogP contribution is -2.42. The Kier molecular flexibility index (Phi) is 5.79. The molecule has 10 heteroatoms. The fourth-order valence-electron chi connectivity index (χ4n) is 3.26. The van der Waals surface area contributed by atoms with Gasteiger partial charge >= 0.3 is 0 Å². The number of hydrogen-bond acceptors (Lipinski definition) is 4. The zero-order chi connectivity index (χ0) is 23.0. The molecule has 0 spiro atoms. The van der Waals surface area contributed by atoms with Gasteiger partial charge < -0.3 is 10.0 Å². The molecule has 6 nitrogen and oxygen atoms in total. The molecule has 0 aliphatic carbocycles. The predicted octanol–water partition coefficient (Wildman–Crippen LogP) is 4.64. The molecule has 1 fully saturated rings. The van der Waals surface area contributed by atoms with Crippen molar-refractivity contribution in [1.82, 2.24) is 4.90 Å². The van der Waals surface area contributed by atoms with Crippen molar-refractivity contribution in [1.29, 1.82) is 0 Å². The van der Waals surface area contributed by atoms with E-state index in [9.17, 15) is 27.1 Å². The van der Waals surface area contributed by atoms with Crippen LogP contribution >= 0.6 is 11.6 Å². The zero-order valence-electron chi connectivity index (χ0n) is 16.5. The topological polar surface area (TPSA) is 86.7 Å². The fourth-order valence-corrected chi connectivity index (χ4v) is 4.73. The molecule has 3 aromatic carbocycles. The number of benzene rings is 3. The van der Waals surface area contributed by atoms with E-state index in [1.54, 1.807) is 30.3 Å². The summed E-state index contributed by atoms with van der Waals surface area (Å²) in [4.78, 5) is 13.3. The lowest BCUT2D eigenvalue weighted by molar-refractivity contribution is 0.0651. The van der Waals surface area contributed by atoms with Gasteiger partial charge in [-0.1, -0.05) is 41.9 Å². The maximum absolute atomic E-state index is 14.4. The van der Waals surface area contributed by atoms with E-state index < -0.39 is 43.9 Å². The Bertz CT molecular complexity index is 1310. The van der Waals surface area contributed by atoms with E-state index in [0.29, 0.717) is 18.7 Å². The van der Waals surface area contributed by atoms with Gasteiger partial charge in [0.25, 0.3) is 15.9 Å². The van der Waals surface area contributed by atoms with Crippen LogP contribution in [0.2, 0.25) is 5.02 Å². The molecular formula is C22H17ClF2N2O4S. The van der Waals surface area contributed by atoms with Crippen molar-refractivity contribution in [3.63, 3.8) is 0 Å². The SMILES string of the molecule is O=C(c1cc(Cl)c(O)c(S(=O)(=O)Nc2cc(-c3ccccc3)cc(F)c2F)c1)N1CCC1. The number of carbonyl (C=O) groups is 1. The highest BCUT2D eigenvalue weighted by molar-refractivity contribution is 7.92. The Hall–Kier alpha value is -3.17. The van der Waals surface area contributed by atoms with Crippen LogP contribution in [0.25, 0.3) is 11.1 Å². The molecule has 0 radical (unpaired) electrons. The van der Waals surface area contributed by atoms with Crippen LogP contribution in [-0.4, -0.2) is 37.4 Å². The monoisotopic (exact) mass is 478 g/mol. The van der Waals surface area contributed by atoms with Gasteiger partial charge in [0, 0.05) is 18.7 Å². The third kappa shape index (κ3) is 4.13. The highest BCUT2D eigenvalue weighted by Gasteiger charge is 2.28. The molecule has 3 aromatic rings. The van der Waals surface area contributed by atoms with Crippen LogP contribution in [0.1, 0.15) is 16.8 Å². The van der Waals surface area contributed by atoms with Crippen molar-refractivity contribution >= 4 is 33.2 Å². The molecule has 166 valence electrons. The second-order valence-corrected chi connectivity index (χ2v) is 9.30. The largest absolute Gasteiger partial charge is 0.505 e. The van der Waals surface area contributed by atoms with Gasteiger partial charge in [-0.25, -0.2) is 17.2 Å². The third-order valence-corrected chi connectivity index (χ3v) is 6.75. The number of phenolic OH excluding ortho intramolecular Hbond substituents is 1. The van der Waals surface area contributed by atoms with Gasteiger partial charge in [0.2, 0.25) is 0 Å². The van der Waals surface area contributed by atoms with E-state index in [2.05, 4.69) is 0 Å². The van der Waals surface area contributed by atoms with Crippen LogP contribution in [0.4, 0.5) is 14.5 Å². The molecule has 0 bridgehead atoms. The number of anilines is 1. The Labute approximate surface area is 188 Å². The lowest BCUT2D eigenvalue weighted by Gasteiger charge is -2.31. The minimum atomic E-state index is -4.64. The normalized spacial score (nSPS) is 13.5. The molecule has 0 atom stereocenters. The van der Waals surface area contributed by atoms with E-state index >= 15 is 0 Å². The number of likely N-dealkylation sites (tertiary alicyclic amines) is 1. The molecule has 1 aliphatic heterocycles. The van der Waals surface area contributed by atoms with Gasteiger partial charge in [-0.15, -0.1) is 0 Å². The first-order valence-electron chi connectivity index (χ1n) is 9.56. The first-order chi connectivity index (χ1) is 15.2. The molecule has 1 heterocycles. The van der Waals surface area contributed by atoms with E-state index in [0.717, 1.165) is 30.7 Å². The number of aromatic hydroxyl groups is 1. The Balaban J connectivity index is 1.74. The summed E-state index contributed by atoms with van der Waals surface area (Å²) < 4.78 is 56.6. The number of carbonyl (C=O) groups excluding carboxylic acids is 1. The summed E-state index contributed by atoms with van der Waals surface area (Å²) in [6.07, 6.45) is 0.826. The van der Waals surface area contributed by atoms with Crippen molar-refractivity contribution in [3.05, 3.63) is 76.8 Å². The molecule has 1 saturated heterocycles. The smallest absolute Gasteiger partial charge is 0.265 e. The van der Waals surface area contributed by atoms with Crippen LogP contribution in [0.15, 0.2) is 59.5 Å². The van der Waals surface area contributed by atoms with E-state index in [-0.39, 0.29) is 16.1 Å². The van der Waals surface area contributed by atoms with E-state index in [1.807, 2.05) is 4.72 Å². The third-order valence-electron chi connectivity index (χ3n) is 5.09. The first-order valence-corrected chi connectivity index (χ1v) is 11.4. The maximum atomic E-state index is 14.4. The van der Waals surface area contributed by atoms with Crippen molar-refractivity contribution in [2.75, 3.05) is 17.8 Å². The molecule has 0 unspecified atom stereocenters. The van der Waals surface area contributed by atoms with Crippen molar-refractivity contribution in [2.45, 2.75) is 11.3 Å². The number of rotatable bonds is 5. The average molecular weight is 479 g/mol. The van der Waals surface area contributed by atoms with Crippen molar-refractivity contribution in [3.8, 4) is 16.9 Å². The summed E-state index contributed by atoms with van der Waals surface area (Å²) in [6.45, 7) is 1.04. The molecule has 1 amide bonds. The fraction of sp³-hybridized carbons (Fsp3) is 0.136. The summed E-state index contributed by atoms with van der Waals surface area (Å²) in [5, 5.41) is 9.88. The molecule has 32 heavy (non-hydrogen) atoms. The van der Waals surface area contributed by atoms with Crippen LogP contribution in [0, 0.1) is 11.6 Å². The molecule has 2 N–H and O–H groups in total. The molecule has 4 rings (SSSR count). The number of amides is 1. The Morgan fingerprint density at radius 1 is 1.03 bits per heavy atom. The Morgan fingerprint density at radius 2 is 1.72 bits per heavy atom. The number of nitrogens with zero attached hydrogens (tertiary/aromatic N) is 1. The maximum Gasteiger partial charge on any atom is 0.265 e. The molecule has 0 aromatic heterocycles. The highest BCUT2D eigenvalue weighted by Crippen LogP contribution is 2.35. The number of nitrogens with one attached hydrogen (secondary N) is 1. The van der Waals surface area contributed by atoms with Gasteiger partial charge in [-0.3, -0.25) is 9.52 Å². The van der Waals surface area contributed by atoms with E-state index in [1.165, 1.54) is 4.90 Å². The number of halogens is 3. The van der Waals surface area contributed by atoms with Crippen molar-refractivity contribution in [2.24, 2.45) is 0 Å². The van der Waals surface area contributed by atoms with Crippen molar-refractivity contribution < 1.29 is 27.1 Å². The lowest BCUT2D eigenvalue weighted by atomic mass is 10.0. The number of hydrogen-bond donors (Lipinski definition) is 2. The van der Waals surface area contributed by atoms with Crippen LogP contribution in [0.3, 0.4) is 0 Å². The average Bonchev–Trinajstić information content (AvgIpc) is 2.72. The van der Waals surface area contributed by atoms with Crippen LogP contribution in [-0.2, 0) is 10.0 Å². The number of phenols is 1. The summed E-state index contributed by atoms with van der Waals surface area (Å²) in [5.41, 5.74) is 0.0856. The standard InChI is InChI=1S/C22H17ClF2N2O4S/c23-16-9-15(22(29)27-7-4-8-27)12-19(21(16)28)32(30,31)26-18-11-14(10-17(24)20(18)25)13-5-2-1-3-6-13/h1-3,5-6,9-12,26,28H,4,7-8H2. The van der Waals surface area contributed by atoms with Gasteiger partial charge in [-0.2, -0.15) is 0 Å². The number of sulfonamides is 1.